The third-order valence-corrected chi connectivity index (χ3v) is 8.59. The predicted molar refractivity (Wildman–Crippen MR) is 85.9 cm³/mol. The maximum absolute atomic E-state index is 6.06. The number of hydrogen-bond acceptors (Lipinski definition) is 1. The van der Waals surface area contributed by atoms with Crippen molar-refractivity contribution < 1.29 is 0 Å². The van der Waals surface area contributed by atoms with Crippen LogP contribution < -0.4 is 0 Å². The van der Waals surface area contributed by atoms with Crippen molar-refractivity contribution in [1.29, 1.82) is 0 Å². The molecule has 0 nitrogen and oxygen atoms in total. The Labute approximate surface area is 124 Å². The van der Waals surface area contributed by atoms with Gasteiger partial charge in [0.05, 0.1) is 0 Å². The first kappa shape index (κ1) is 12.8. The fourth-order valence-corrected chi connectivity index (χ4v) is 8.26. The second-order valence-corrected chi connectivity index (χ2v) is 8.25. The highest BCUT2D eigenvalue weighted by Gasteiger charge is 2.71. The molecule has 0 aliphatic heterocycles. The minimum Gasteiger partial charge on any atom is -0.0884 e. The predicted octanol–water partition coefficient (Wildman–Crippen LogP) is 5.18. The van der Waals surface area contributed by atoms with Crippen LogP contribution in [0.25, 0.3) is 0 Å². The van der Waals surface area contributed by atoms with Crippen molar-refractivity contribution in [3.8, 4) is 0 Å². The average molecular weight is 362 g/mol. The van der Waals surface area contributed by atoms with Crippen molar-refractivity contribution in [2.45, 2.75) is 58.8 Å². The molecule has 0 heterocycles. The molecule has 1 spiro atoms. The molecule has 3 rings (SSSR count). The van der Waals surface area contributed by atoms with Crippen molar-refractivity contribution in [2.75, 3.05) is 4.43 Å². The standard InChI is InChI=1S/C15H23IS/c1-13(2)11-6-9-15(13,10-16)12(17)14(11)7-4-3-5-8-14/h11H,3-10H2,1-2H3. The van der Waals surface area contributed by atoms with Gasteiger partial charge in [0.1, 0.15) is 0 Å². The average Bonchev–Trinajstić information content (AvgIpc) is 2.66. The lowest BCUT2D eigenvalue weighted by atomic mass is 9.62. The molecule has 2 atom stereocenters. The van der Waals surface area contributed by atoms with Crippen molar-refractivity contribution in [3.05, 3.63) is 0 Å². The number of fused-ring (bicyclic) bond motifs is 3. The summed E-state index contributed by atoms with van der Waals surface area (Å²) in [6.07, 6.45) is 9.89. The van der Waals surface area contributed by atoms with Crippen molar-refractivity contribution in [3.63, 3.8) is 0 Å². The minimum atomic E-state index is 0.394. The third kappa shape index (κ3) is 1.32. The van der Waals surface area contributed by atoms with E-state index in [4.69, 9.17) is 12.2 Å². The first-order valence-electron chi connectivity index (χ1n) is 7.12. The lowest BCUT2D eigenvalue weighted by Crippen LogP contribution is -2.42. The van der Waals surface area contributed by atoms with Gasteiger partial charge in [-0.15, -0.1) is 0 Å². The van der Waals surface area contributed by atoms with Crippen LogP contribution in [0.2, 0.25) is 0 Å². The van der Waals surface area contributed by atoms with Crippen LogP contribution in [0.5, 0.6) is 0 Å². The summed E-state index contributed by atoms with van der Waals surface area (Å²) >= 11 is 8.66. The van der Waals surface area contributed by atoms with E-state index in [0.717, 1.165) is 5.92 Å². The molecule has 0 aromatic rings. The maximum Gasteiger partial charge on any atom is 0.0166 e. The molecule has 17 heavy (non-hydrogen) atoms. The van der Waals surface area contributed by atoms with Crippen molar-refractivity contribution in [2.24, 2.45) is 22.2 Å². The minimum absolute atomic E-state index is 0.394. The van der Waals surface area contributed by atoms with Crippen molar-refractivity contribution in [1.82, 2.24) is 0 Å². The zero-order valence-corrected chi connectivity index (χ0v) is 14.0. The molecule has 3 aliphatic carbocycles. The van der Waals surface area contributed by atoms with E-state index in [0.29, 0.717) is 16.2 Å². The fraction of sp³-hybridized carbons (Fsp3) is 0.933. The molecule has 0 amide bonds. The number of hydrogen-bond donors (Lipinski definition) is 0. The zero-order chi connectivity index (χ0) is 12.3. The van der Waals surface area contributed by atoms with Gasteiger partial charge in [-0.1, -0.05) is 67.9 Å². The molecule has 3 saturated carbocycles. The quantitative estimate of drug-likeness (QED) is 0.352. The van der Waals surface area contributed by atoms with E-state index in [1.807, 2.05) is 0 Å². The van der Waals surface area contributed by atoms with Crippen LogP contribution in [0.4, 0.5) is 0 Å². The Kier molecular flexibility index (Phi) is 2.95. The van der Waals surface area contributed by atoms with Gasteiger partial charge in [-0.25, -0.2) is 0 Å². The van der Waals surface area contributed by atoms with Gasteiger partial charge in [0, 0.05) is 20.1 Å². The monoisotopic (exact) mass is 362 g/mol. The summed E-state index contributed by atoms with van der Waals surface area (Å²) in [6.45, 7) is 5.03. The van der Waals surface area contributed by atoms with E-state index in [1.54, 1.807) is 0 Å². The van der Waals surface area contributed by atoms with Gasteiger partial charge in [-0.3, -0.25) is 0 Å². The van der Waals surface area contributed by atoms with Crippen LogP contribution in [0, 0.1) is 22.2 Å². The molecule has 0 aromatic carbocycles. The van der Waals surface area contributed by atoms with E-state index in [-0.39, 0.29) is 0 Å². The Morgan fingerprint density at radius 1 is 1.18 bits per heavy atom. The summed E-state index contributed by atoms with van der Waals surface area (Å²) in [6, 6.07) is 0. The zero-order valence-electron chi connectivity index (χ0n) is 11.0. The fourth-order valence-electron chi connectivity index (χ4n) is 5.47. The van der Waals surface area contributed by atoms with Crippen LogP contribution in [0.15, 0.2) is 0 Å². The number of alkyl halides is 1. The topological polar surface area (TPSA) is 0 Å². The molecule has 96 valence electrons. The highest BCUT2D eigenvalue weighted by molar-refractivity contribution is 14.1. The van der Waals surface area contributed by atoms with Crippen LogP contribution in [0.3, 0.4) is 0 Å². The highest BCUT2D eigenvalue weighted by atomic mass is 127. The van der Waals surface area contributed by atoms with E-state index in [2.05, 4.69) is 36.4 Å². The maximum atomic E-state index is 6.06. The largest absolute Gasteiger partial charge is 0.0884 e. The Morgan fingerprint density at radius 2 is 1.82 bits per heavy atom. The molecule has 0 radical (unpaired) electrons. The third-order valence-electron chi connectivity index (χ3n) is 6.49. The summed E-state index contributed by atoms with van der Waals surface area (Å²) in [5, 5.41) is 0. The lowest BCUT2D eigenvalue weighted by molar-refractivity contribution is 0.110. The molecule has 3 fully saturated rings. The molecule has 0 saturated heterocycles. The van der Waals surface area contributed by atoms with Gasteiger partial charge in [0.25, 0.3) is 0 Å². The highest BCUT2D eigenvalue weighted by Crippen LogP contribution is 2.73. The molecule has 2 unspecified atom stereocenters. The van der Waals surface area contributed by atoms with Gasteiger partial charge in [-0.05, 0) is 37.0 Å². The lowest BCUT2D eigenvalue weighted by Gasteiger charge is -2.43. The van der Waals surface area contributed by atoms with Gasteiger partial charge < -0.3 is 0 Å². The Hall–Kier alpha value is 0.820. The molecular formula is C15H23IS. The summed E-state index contributed by atoms with van der Waals surface area (Å²) in [7, 11) is 0. The molecule has 3 aliphatic rings. The van der Waals surface area contributed by atoms with Crippen LogP contribution >= 0.6 is 34.8 Å². The van der Waals surface area contributed by atoms with E-state index >= 15 is 0 Å². The first-order chi connectivity index (χ1) is 8.01. The number of thiocarbonyl (C=S) groups is 1. The second-order valence-electron chi connectivity index (χ2n) is 7.07. The molecule has 2 bridgehead atoms. The summed E-state index contributed by atoms with van der Waals surface area (Å²) in [5.74, 6) is 0.887. The van der Waals surface area contributed by atoms with Gasteiger partial charge in [0.2, 0.25) is 0 Å². The van der Waals surface area contributed by atoms with Gasteiger partial charge >= 0.3 is 0 Å². The SMILES string of the molecule is CC1(C)C2CCC1(CI)C(=S)C21CCCCC1. The van der Waals surface area contributed by atoms with Crippen LogP contribution in [-0.2, 0) is 0 Å². The molecular weight excluding hydrogens is 339 g/mol. The van der Waals surface area contributed by atoms with E-state index in [1.165, 1.54) is 54.2 Å². The Balaban J connectivity index is 2.08. The van der Waals surface area contributed by atoms with Crippen molar-refractivity contribution >= 4 is 39.7 Å². The first-order valence-corrected chi connectivity index (χ1v) is 9.06. The number of halogens is 1. The smallest absolute Gasteiger partial charge is 0.0166 e. The van der Waals surface area contributed by atoms with E-state index < -0.39 is 0 Å². The van der Waals surface area contributed by atoms with Gasteiger partial charge in [0.15, 0.2) is 0 Å². The van der Waals surface area contributed by atoms with E-state index in [9.17, 15) is 0 Å². The summed E-state index contributed by atoms with van der Waals surface area (Å²) in [4.78, 5) is 1.50. The second kappa shape index (κ2) is 3.91. The summed E-state index contributed by atoms with van der Waals surface area (Å²) < 4.78 is 1.24. The number of rotatable bonds is 1. The molecule has 0 N–H and O–H groups in total. The van der Waals surface area contributed by atoms with Crippen LogP contribution in [-0.4, -0.2) is 9.29 Å². The van der Waals surface area contributed by atoms with Crippen LogP contribution in [0.1, 0.15) is 58.8 Å². The Morgan fingerprint density at radius 3 is 2.35 bits per heavy atom. The molecule has 0 aromatic heterocycles. The summed E-state index contributed by atoms with van der Waals surface area (Å²) in [5.41, 5.74) is 1.33. The molecule has 2 heteroatoms. The Bertz CT molecular complexity index is 354. The normalized spacial score (nSPS) is 42.3. The van der Waals surface area contributed by atoms with Gasteiger partial charge in [-0.2, -0.15) is 0 Å².